The fourth-order valence-corrected chi connectivity index (χ4v) is 0. The summed E-state index contributed by atoms with van der Waals surface area (Å²) in [4.78, 5) is 0. The van der Waals surface area contributed by atoms with Crippen LogP contribution in [0.25, 0.3) is 0 Å². The van der Waals surface area contributed by atoms with Gasteiger partial charge in [0, 0.05) is 0 Å². The van der Waals surface area contributed by atoms with Gasteiger partial charge in [0.15, 0.2) is 0 Å². The van der Waals surface area contributed by atoms with E-state index in [1.807, 2.05) is 0 Å². The average Bonchev–Trinajstić information content (AvgIpc) is 0.722. The van der Waals surface area contributed by atoms with Crippen LogP contribution in [0.5, 0.6) is 0 Å². The van der Waals surface area contributed by atoms with Crippen molar-refractivity contribution in [1.29, 1.82) is 0 Å². The van der Waals surface area contributed by atoms with E-state index in [0.717, 1.165) is 0 Å². The van der Waals surface area contributed by atoms with Gasteiger partial charge in [-0.25, -0.2) is 0 Å². The molecular weight excluding hydrogens is 502 g/mol. The maximum atomic E-state index is 8.62. The topological polar surface area (TPSA) is 92.2 Å². The smallest absolute Gasteiger partial charge is 2.00 e. The Bertz CT molecular complexity index is 25.2. The Balaban J connectivity index is -0.0000000800. The molecule has 0 aromatic heterocycles. The molecule has 48 valence electrons. The number of hydrogen-bond acceptors (Lipinski definition) is 4. The first kappa shape index (κ1) is 16.0. The SMILES string of the molecule is [O-][Ti]([O-])([O-])[O-].[Pt+2].[Pt+2]. The van der Waals surface area contributed by atoms with Gasteiger partial charge in [-0.1, -0.05) is 0 Å². The molecule has 4 nitrogen and oxygen atoms in total. The van der Waals surface area contributed by atoms with Crippen molar-refractivity contribution in [2.75, 3.05) is 0 Å². The van der Waals surface area contributed by atoms with E-state index in [4.69, 9.17) is 14.8 Å². The minimum atomic E-state index is -6.00. The van der Waals surface area contributed by atoms with Crippen molar-refractivity contribution in [2.24, 2.45) is 0 Å². The van der Waals surface area contributed by atoms with Crippen molar-refractivity contribution >= 4 is 0 Å². The molecular formula is O4Pt2Ti. The fourth-order valence-electron chi connectivity index (χ4n) is 0. The minimum absolute atomic E-state index is 0. The largest absolute Gasteiger partial charge is 2.00 e. The molecule has 0 radical (unpaired) electrons. The third-order valence-corrected chi connectivity index (χ3v) is 0. The number of hydrogen-bond donors (Lipinski definition) is 0. The fraction of sp³-hybridized carbons (Fsp3) is 0. The van der Waals surface area contributed by atoms with Crippen LogP contribution in [-0.4, -0.2) is 0 Å². The standard InChI is InChI=1S/4O.2Pt.Ti/q4*-1;2*+2;. The van der Waals surface area contributed by atoms with E-state index in [2.05, 4.69) is 0 Å². The van der Waals surface area contributed by atoms with Crippen molar-refractivity contribution in [3.05, 3.63) is 0 Å². The monoisotopic (exact) mass is 502 g/mol. The van der Waals surface area contributed by atoms with Crippen LogP contribution in [0, 0.1) is 0 Å². The maximum Gasteiger partial charge on any atom is 2.00 e. The molecule has 7 heavy (non-hydrogen) atoms. The van der Waals surface area contributed by atoms with Crippen LogP contribution in [0.1, 0.15) is 0 Å². The minimum Gasteiger partial charge on any atom is 2.00 e. The molecule has 0 aliphatic carbocycles. The van der Waals surface area contributed by atoms with Crippen LogP contribution >= 0.6 is 0 Å². The van der Waals surface area contributed by atoms with Crippen LogP contribution < -0.4 is 14.8 Å². The molecule has 0 spiro atoms. The molecule has 0 heterocycles. The summed E-state index contributed by atoms with van der Waals surface area (Å²) in [6.45, 7) is 0. The second kappa shape index (κ2) is 6.06. The van der Waals surface area contributed by atoms with Gasteiger partial charge in [0.05, 0.1) is 0 Å². The van der Waals surface area contributed by atoms with Gasteiger partial charge < -0.3 is 0 Å². The zero-order valence-electron chi connectivity index (χ0n) is 2.77. The van der Waals surface area contributed by atoms with Crippen LogP contribution in [0.4, 0.5) is 0 Å². The molecule has 7 heteroatoms. The first-order valence-corrected chi connectivity index (χ1v) is 3.37. The molecule has 0 unspecified atom stereocenters. The second-order valence-corrected chi connectivity index (χ2v) is 2.06. The van der Waals surface area contributed by atoms with E-state index >= 15 is 0 Å². The van der Waals surface area contributed by atoms with E-state index in [1.54, 1.807) is 0 Å². The Morgan fingerprint density at radius 2 is 0.714 bits per heavy atom. The molecule has 0 rings (SSSR count). The summed E-state index contributed by atoms with van der Waals surface area (Å²) in [7, 11) is 0. The Morgan fingerprint density at radius 1 is 0.714 bits per heavy atom. The van der Waals surface area contributed by atoms with Gasteiger partial charge in [-0.2, -0.15) is 0 Å². The molecule has 0 fully saturated rings. The zero-order valence-corrected chi connectivity index (χ0v) is 8.87. The van der Waals surface area contributed by atoms with Gasteiger partial charge in [-0.3, -0.25) is 0 Å². The van der Waals surface area contributed by atoms with E-state index < -0.39 is 18.1 Å². The van der Waals surface area contributed by atoms with E-state index in [9.17, 15) is 0 Å². The summed E-state index contributed by atoms with van der Waals surface area (Å²) in [5.41, 5.74) is 0. The third-order valence-electron chi connectivity index (χ3n) is 0. The van der Waals surface area contributed by atoms with Gasteiger partial charge in [0.25, 0.3) is 0 Å². The molecule has 0 N–H and O–H groups in total. The molecule has 0 aromatic carbocycles. The summed E-state index contributed by atoms with van der Waals surface area (Å²) in [6.07, 6.45) is 0. The number of rotatable bonds is 0. The van der Waals surface area contributed by atoms with Crippen molar-refractivity contribution in [1.82, 2.24) is 0 Å². The third kappa shape index (κ3) is 74.8. The van der Waals surface area contributed by atoms with Gasteiger partial charge in [-0.05, 0) is 0 Å². The quantitative estimate of drug-likeness (QED) is 0.312. The molecule has 0 saturated carbocycles. The Morgan fingerprint density at radius 3 is 0.714 bits per heavy atom. The molecule has 0 aliphatic heterocycles. The van der Waals surface area contributed by atoms with Gasteiger partial charge in [0.1, 0.15) is 0 Å². The normalized spacial score (nSPS) is 8.57. The molecule has 0 aromatic rings. The predicted molar refractivity (Wildman–Crippen MR) is 0 cm³/mol. The van der Waals surface area contributed by atoms with Crippen LogP contribution in [-0.2, 0) is 60.3 Å². The van der Waals surface area contributed by atoms with Crippen molar-refractivity contribution in [2.45, 2.75) is 0 Å². The summed E-state index contributed by atoms with van der Waals surface area (Å²) in [6, 6.07) is 0. The van der Waals surface area contributed by atoms with Crippen molar-refractivity contribution in [3.8, 4) is 0 Å². The maximum absolute atomic E-state index is 8.62. The summed E-state index contributed by atoms with van der Waals surface area (Å²) < 4.78 is 34.5. The van der Waals surface area contributed by atoms with E-state index in [1.165, 1.54) is 0 Å². The predicted octanol–water partition coefficient (Wildman–Crippen LogP) is -4.76. The van der Waals surface area contributed by atoms with Crippen molar-refractivity contribution < 1.29 is 75.0 Å². The molecule has 0 saturated heterocycles. The summed E-state index contributed by atoms with van der Waals surface area (Å²) in [5.74, 6) is 0. The van der Waals surface area contributed by atoms with Gasteiger partial charge in [-0.15, -0.1) is 0 Å². The summed E-state index contributed by atoms with van der Waals surface area (Å²) in [5, 5.41) is 0. The second-order valence-electron chi connectivity index (χ2n) is 0.500. The van der Waals surface area contributed by atoms with Gasteiger partial charge >= 0.3 is 75.0 Å². The van der Waals surface area contributed by atoms with E-state index in [0.29, 0.717) is 0 Å². The Hall–Kier alpha value is 1.93. The molecule has 0 aliphatic rings. The molecule has 0 amide bonds. The van der Waals surface area contributed by atoms with Crippen LogP contribution in [0.15, 0.2) is 0 Å². The van der Waals surface area contributed by atoms with E-state index in [-0.39, 0.29) is 42.1 Å². The van der Waals surface area contributed by atoms with Crippen LogP contribution in [0.3, 0.4) is 0 Å². The Labute approximate surface area is 74.3 Å². The van der Waals surface area contributed by atoms with Crippen LogP contribution in [0.2, 0.25) is 0 Å². The van der Waals surface area contributed by atoms with Gasteiger partial charge in [0.2, 0.25) is 0 Å². The van der Waals surface area contributed by atoms with Crippen molar-refractivity contribution in [3.63, 3.8) is 0 Å². The first-order valence-electron chi connectivity index (χ1n) is 0.816. The average molecular weight is 502 g/mol. The first-order chi connectivity index (χ1) is 2.00. The zero-order chi connectivity index (χ0) is 4.50. The Kier molecular flexibility index (Phi) is 13.8. The summed E-state index contributed by atoms with van der Waals surface area (Å²) >= 11 is -6.00. The molecule has 0 bridgehead atoms. The molecule has 0 atom stereocenters.